The van der Waals surface area contributed by atoms with Crippen LogP contribution >= 0.6 is 0 Å². The van der Waals surface area contributed by atoms with E-state index in [1.807, 2.05) is 29.1 Å². The molecule has 0 aliphatic carbocycles. The zero-order valence-electron chi connectivity index (χ0n) is 13.2. The maximum absolute atomic E-state index is 12.5. The smallest absolute Gasteiger partial charge is 0.335 e. The molecule has 1 aliphatic heterocycles. The highest BCUT2D eigenvalue weighted by molar-refractivity contribution is 5.94. The van der Waals surface area contributed by atoms with E-state index in [0.29, 0.717) is 5.56 Å². The first-order chi connectivity index (χ1) is 11.9. The number of halogens is 3. The molecule has 0 N–H and O–H groups in total. The number of carbonyl (C=O) groups excluding carboxylic acids is 2. The molecule has 1 aromatic heterocycles. The third-order valence-electron chi connectivity index (χ3n) is 4.11. The summed E-state index contributed by atoms with van der Waals surface area (Å²) in [5.74, 6) is -2.10. The Balaban J connectivity index is 1.62. The highest BCUT2D eigenvalue weighted by Gasteiger charge is 2.43. The zero-order chi connectivity index (χ0) is 18.0. The fraction of sp³-hybridized carbons (Fsp3) is 0.294. The van der Waals surface area contributed by atoms with Crippen LogP contribution in [0.25, 0.3) is 5.69 Å². The van der Waals surface area contributed by atoms with Gasteiger partial charge in [0.2, 0.25) is 0 Å². The summed E-state index contributed by atoms with van der Waals surface area (Å²) in [6.45, 7) is -0.0723. The second kappa shape index (κ2) is 6.62. The minimum atomic E-state index is -4.87. The molecule has 1 saturated heterocycles. The van der Waals surface area contributed by atoms with Crippen molar-refractivity contribution in [3.05, 3.63) is 54.4 Å². The van der Waals surface area contributed by atoms with Crippen molar-refractivity contribution >= 4 is 11.8 Å². The minimum absolute atomic E-state index is 0.0833. The lowest BCUT2D eigenvalue weighted by Crippen LogP contribution is -2.53. The van der Waals surface area contributed by atoms with Crippen molar-refractivity contribution in [1.29, 1.82) is 0 Å². The van der Waals surface area contributed by atoms with Gasteiger partial charge >= 0.3 is 12.1 Å². The number of hydrogen-bond acceptors (Lipinski definition) is 2. The van der Waals surface area contributed by atoms with Crippen LogP contribution in [0.4, 0.5) is 13.2 Å². The summed E-state index contributed by atoms with van der Waals surface area (Å²) in [7, 11) is 0. The van der Waals surface area contributed by atoms with Crippen molar-refractivity contribution in [1.82, 2.24) is 14.4 Å². The summed E-state index contributed by atoms with van der Waals surface area (Å²) in [6.07, 6.45) is -1.11. The summed E-state index contributed by atoms with van der Waals surface area (Å²) >= 11 is 0. The molecule has 3 rings (SSSR count). The van der Waals surface area contributed by atoms with Crippen molar-refractivity contribution in [2.24, 2.45) is 0 Å². The van der Waals surface area contributed by atoms with E-state index in [1.54, 1.807) is 24.3 Å². The SMILES string of the molecule is O=C(c1ccc(-n2cccc2)cc1)N1CCN(C(=O)C(F)(F)F)CC1. The number of alkyl halides is 3. The normalized spacial score (nSPS) is 15.3. The Bertz CT molecular complexity index is 746. The summed E-state index contributed by atoms with van der Waals surface area (Å²) < 4.78 is 39.2. The predicted molar refractivity (Wildman–Crippen MR) is 84.3 cm³/mol. The van der Waals surface area contributed by atoms with Crippen LogP contribution in [-0.4, -0.2) is 58.5 Å². The van der Waals surface area contributed by atoms with Gasteiger partial charge < -0.3 is 14.4 Å². The lowest BCUT2D eigenvalue weighted by molar-refractivity contribution is -0.186. The molecule has 0 unspecified atom stereocenters. The Kier molecular flexibility index (Phi) is 4.52. The van der Waals surface area contributed by atoms with E-state index in [9.17, 15) is 22.8 Å². The Hall–Kier alpha value is -2.77. The van der Waals surface area contributed by atoms with Crippen LogP contribution in [0.5, 0.6) is 0 Å². The molecule has 0 saturated carbocycles. The average molecular weight is 351 g/mol. The molecule has 1 aromatic carbocycles. The van der Waals surface area contributed by atoms with Gasteiger partial charge in [0, 0.05) is 49.8 Å². The third kappa shape index (κ3) is 3.67. The van der Waals surface area contributed by atoms with Crippen LogP contribution in [0.2, 0.25) is 0 Å². The van der Waals surface area contributed by atoms with Gasteiger partial charge in [-0.1, -0.05) is 0 Å². The van der Waals surface area contributed by atoms with Crippen molar-refractivity contribution in [2.45, 2.75) is 6.18 Å². The van der Waals surface area contributed by atoms with E-state index in [1.165, 1.54) is 4.90 Å². The maximum Gasteiger partial charge on any atom is 0.471 e. The zero-order valence-corrected chi connectivity index (χ0v) is 13.2. The van der Waals surface area contributed by atoms with Crippen LogP contribution in [-0.2, 0) is 4.79 Å². The van der Waals surface area contributed by atoms with Crippen LogP contribution in [0.3, 0.4) is 0 Å². The molecule has 0 atom stereocenters. The van der Waals surface area contributed by atoms with Gasteiger partial charge in [-0.25, -0.2) is 0 Å². The highest BCUT2D eigenvalue weighted by atomic mass is 19.4. The van der Waals surface area contributed by atoms with Gasteiger partial charge in [0.25, 0.3) is 5.91 Å². The number of hydrogen-bond donors (Lipinski definition) is 0. The highest BCUT2D eigenvalue weighted by Crippen LogP contribution is 2.20. The summed E-state index contributed by atoms with van der Waals surface area (Å²) in [6, 6.07) is 10.8. The van der Waals surface area contributed by atoms with Crippen molar-refractivity contribution < 1.29 is 22.8 Å². The Morgan fingerprint density at radius 2 is 1.36 bits per heavy atom. The quantitative estimate of drug-likeness (QED) is 0.834. The van der Waals surface area contributed by atoms with Gasteiger partial charge in [-0.05, 0) is 36.4 Å². The monoisotopic (exact) mass is 351 g/mol. The molecule has 1 aliphatic rings. The lowest BCUT2D eigenvalue weighted by Gasteiger charge is -2.35. The molecule has 2 heterocycles. The van der Waals surface area contributed by atoms with E-state index >= 15 is 0 Å². The third-order valence-corrected chi connectivity index (χ3v) is 4.11. The van der Waals surface area contributed by atoms with Crippen molar-refractivity contribution in [2.75, 3.05) is 26.2 Å². The van der Waals surface area contributed by atoms with Gasteiger partial charge in [-0.2, -0.15) is 13.2 Å². The number of aromatic nitrogens is 1. The molecular formula is C17H16F3N3O2. The molecule has 132 valence electrons. The predicted octanol–water partition coefficient (Wildman–Crippen LogP) is 2.32. The van der Waals surface area contributed by atoms with Crippen LogP contribution in [0, 0.1) is 0 Å². The number of amides is 2. The van der Waals surface area contributed by atoms with E-state index in [4.69, 9.17) is 0 Å². The number of piperazine rings is 1. The summed E-state index contributed by atoms with van der Waals surface area (Å²) in [5, 5.41) is 0. The van der Waals surface area contributed by atoms with Crippen LogP contribution < -0.4 is 0 Å². The average Bonchev–Trinajstić information content (AvgIpc) is 3.14. The molecule has 2 amide bonds. The molecule has 0 radical (unpaired) electrons. The second-order valence-corrected chi connectivity index (χ2v) is 5.72. The fourth-order valence-electron chi connectivity index (χ4n) is 2.76. The van der Waals surface area contributed by atoms with Gasteiger partial charge in [0.05, 0.1) is 0 Å². The van der Waals surface area contributed by atoms with E-state index in [2.05, 4.69) is 0 Å². The molecule has 0 spiro atoms. The van der Waals surface area contributed by atoms with Crippen LogP contribution in [0.15, 0.2) is 48.8 Å². The molecule has 25 heavy (non-hydrogen) atoms. The largest absolute Gasteiger partial charge is 0.471 e. The summed E-state index contributed by atoms with van der Waals surface area (Å²) in [4.78, 5) is 25.9. The van der Waals surface area contributed by atoms with Crippen molar-refractivity contribution in [3.63, 3.8) is 0 Å². The van der Waals surface area contributed by atoms with Crippen LogP contribution in [0.1, 0.15) is 10.4 Å². The topological polar surface area (TPSA) is 45.6 Å². The van der Waals surface area contributed by atoms with E-state index in [-0.39, 0.29) is 32.1 Å². The second-order valence-electron chi connectivity index (χ2n) is 5.72. The maximum atomic E-state index is 12.5. The first-order valence-electron chi connectivity index (χ1n) is 7.75. The molecular weight excluding hydrogens is 335 g/mol. The van der Waals surface area contributed by atoms with Gasteiger partial charge in [0.1, 0.15) is 0 Å². The van der Waals surface area contributed by atoms with E-state index in [0.717, 1.165) is 10.6 Å². The Morgan fingerprint density at radius 3 is 1.88 bits per heavy atom. The molecule has 2 aromatic rings. The number of carbonyl (C=O) groups is 2. The fourth-order valence-corrected chi connectivity index (χ4v) is 2.76. The molecule has 5 nitrogen and oxygen atoms in total. The minimum Gasteiger partial charge on any atom is -0.335 e. The lowest BCUT2D eigenvalue weighted by atomic mass is 10.1. The first kappa shape index (κ1) is 17.1. The summed E-state index contributed by atoms with van der Waals surface area (Å²) in [5.41, 5.74) is 1.37. The van der Waals surface area contributed by atoms with Gasteiger partial charge in [-0.3, -0.25) is 9.59 Å². The van der Waals surface area contributed by atoms with Gasteiger partial charge in [0.15, 0.2) is 0 Å². The number of benzene rings is 1. The standard InChI is InChI=1S/C17H16F3N3O2/c18-17(19,20)16(25)23-11-9-22(10-12-23)15(24)13-3-5-14(6-4-13)21-7-1-2-8-21/h1-8H,9-12H2. The molecule has 1 fully saturated rings. The number of nitrogens with zero attached hydrogens (tertiary/aromatic N) is 3. The first-order valence-corrected chi connectivity index (χ1v) is 7.75. The van der Waals surface area contributed by atoms with Crippen molar-refractivity contribution in [3.8, 4) is 5.69 Å². The molecule has 8 heteroatoms. The Morgan fingerprint density at radius 1 is 0.840 bits per heavy atom. The van der Waals surface area contributed by atoms with Gasteiger partial charge in [-0.15, -0.1) is 0 Å². The Labute approximate surface area is 142 Å². The van der Waals surface area contributed by atoms with E-state index < -0.39 is 12.1 Å². The molecule has 0 bridgehead atoms. The number of rotatable bonds is 2.